The topological polar surface area (TPSA) is 29.3 Å². The largest absolute Gasteiger partial charge is 0.367 e. The molecule has 2 rings (SSSR count). The lowest BCUT2D eigenvalue weighted by Crippen LogP contribution is -2.21. The smallest absolute Gasteiger partial charge is 0.0555 e. The molecule has 2 aromatic rings. The average Bonchev–Trinajstić information content (AvgIpc) is 2.52. The molecule has 0 radical (unpaired) electrons. The summed E-state index contributed by atoms with van der Waals surface area (Å²) in [6.45, 7) is 4.43. The van der Waals surface area contributed by atoms with Gasteiger partial charge in [0.05, 0.1) is 6.54 Å². The van der Waals surface area contributed by atoms with E-state index in [4.69, 9.17) is 5.73 Å². The van der Waals surface area contributed by atoms with Crippen LogP contribution >= 0.6 is 0 Å². The van der Waals surface area contributed by atoms with Crippen LogP contribution in [0.3, 0.4) is 0 Å². The third kappa shape index (κ3) is 3.88. The minimum Gasteiger partial charge on any atom is -0.367 e. The van der Waals surface area contributed by atoms with E-state index in [0.29, 0.717) is 6.54 Å². The van der Waals surface area contributed by atoms with Gasteiger partial charge in [-0.1, -0.05) is 42.2 Å². The Morgan fingerprint density at radius 1 is 1.05 bits per heavy atom. The van der Waals surface area contributed by atoms with Gasteiger partial charge in [-0.3, -0.25) is 0 Å². The van der Waals surface area contributed by atoms with Gasteiger partial charge in [0, 0.05) is 24.3 Å². The highest BCUT2D eigenvalue weighted by Crippen LogP contribution is 2.16. The van der Waals surface area contributed by atoms with Crippen molar-refractivity contribution in [2.75, 3.05) is 18.0 Å². The Morgan fingerprint density at radius 3 is 2.55 bits per heavy atom. The highest BCUT2D eigenvalue weighted by atomic mass is 15.1. The van der Waals surface area contributed by atoms with Crippen LogP contribution in [0.25, 0.3) is 0 Å². The molecule has 0 fully saturated rings. The van der Waals surface area contributed by atoms with E-state index in [1.807, 2.05) is 12.1 Å². The monoisotopic (exact) mass is 264 g/mol. The first-order valence-electron chi connectivity index (χ1n) is 6.91. The Morgan fingerprint density at radius 2 is 1.85 bits per heavy atom. The molecule has 0 amide bonds. The molecular weight excluding hydrogens is 244 g/mol. The summed E-state index contributed by atoms with van der Waals surface area (Å²) in [5.74, 6) is 5.98. The second kappa shape index (κ2) is 7.37. The van der Waals surface area contributed by atoms with Crippen LogP contribution < -0.4 is 10.6 Å². The Kier molecular flexibility index (Phi) is 5.23. The first kappa shape index (κ1) is 14.2. The lowest BCUT2D eigenvalue weighted by molar-refractivity contribution is 0.832. The SMILES string of the molecule is CCN(Cc1cccc(C#CCN)c1)c1ccccc1. The highest BCUT2D eigenvalue weighted by Gasteiger charge is 2.04. The zero-order chi connectivity index (χ0) is 14.2. The van der Waals surface area contributed by atoms with Crippen LogP contribution in [0.5, 0.6) is 0 Å². The van der Waals surface area contributed by atoms with Crippen molar-refractivity contribution < 1.29 is 0 Å². The molecule has 0 aromatic heterocycles. The molecule has 0 spiro atoms. The molecule has 0 aliphatic rings. The maximum absolute atomic E-state index is 5.41. The summed E-state index contributed by atoms with van der Waals surface area (Å²) in [6.07, 6.45) is 0. The summed E-state index contributed by atoms with van der Waals surface area (Å²) >= 11 is 0. The van der Waals surface area contributed by atoms with Crippen molar-refractivity contribution in [3.63, 3.8) is 0 Å². The number of para-hydroxylation sites is 1. The number of hydrogen-bond acceptors (Lipinski definition) is 2. The van der Waals surface area contributed by atoms with Gasteiger partial charge >= 0.3 is 0 Å². The molecule has 2 heteroatoms. The maximum atomic E-state index is 5.41. The van der Waals surface area contributed by atoms with Gasteiger partial charge in [0.1, 0.15) is 0 Å². The summed E-state index contributed by atoms with van der Waals surface area (Å²) in [7, 11) is 0. The predicted octanol–water partition coefficient (Wildman–Crippen LogP) is 3.02. The number of rotatable bonds is 4. The molecule has 2 nitrogen and oxygen atoms in total. The van der Waals surface area contributed by atoms with Gasteiger partial charge in [-0.2, -0.15) is 0 Å². The van der Waals surface area contributed by atoms with Gasteiger partial charge in [0.15, 0.2) is 0 Å². The van der Waals surface area contributed by atoms with E-state index in [-0.39, 0.29) is 0 Å². The maximum Gasteiger partial charge on any atom is 0.0555 e. The van der Waals surface area contributed by atoms with Crippen LogP contribution in [0.4, 0.5) is 5.69 Å². The molecule has 0 heterocycles. The number of hydrogen-bond donors (Lipinski definition) is 1. The molecule has 0 saturated heterocycles. The Hall–Kier alpha value is -2.24. The van der Waals surface area contributed by atoms with E-state index in [1.165, 1.54) is 11.3 Å². The van der Waals surface area contributed by atoms with E-state index in [9.17, 15) is 0 Å². The van der Waals surface area contributed by atoms with Gasteiger partial charge in [-0.15, -0.1) is 0 Å². The summed E-state index contributed by atoms with van der Waals surface area (Å²) in [4.78, 5) is 2.34. The molecule has 102 valence electrons. The van der Waals surface area contributed by atoms with Gasteiger partial charge in [0.25, 0.3) is 0 Å². The van der Waals surface area contributed by atoms with Crippen molar-refractivity contribution in [1.29, 1.82) is 0 Å². The lowest BCUT2D eigenvalue weighted by Gasteiger charge is -2.23. The standard InChI is InChI=1S/C18H20N2/c1-2-20(18-11-4-3-5-12-18)15-17-9-6-8-16(14-17)10-7-13-19/h3-6,8-9,11-12,14H,2,13,15,19H2,1H3. The van der Waals surface area contributed by atoms with Gasteiger partial charge in [0.2, 0.25) is 0 Å². The van der Waals surface area contributed by atoms with E-state index in [2.05, 4.69) is 66.1 Å². The molecule has 20 heavy (non-hydrogen) atoms. The summed E-state index contributed by atoms with van der Waals surface area (Å²) in [5, 5.41) is 0. The molecule has 0 aliphatic carbocycles. The first-order chi connectivity index (χ1) is 9.83. The van der Waals surface area contributed by atoms with E-state index >= 15 is 0 Å². The Balaban J connectivity index is 2.16. The van der Waals surface area contributed by atoms with Crippen molar-refractivity contribution in [1.82, 2.24) is 0 Å². The minimum atomic E-state index is 0.398. The van der Waals surface area contributed by atoms with Crippen molar-refractivity contribution in [3.05, 3.63) is 65.7 Å². The first-order valence-corrected chi connectivity index (χ1v) is 6.91. The Bertz CT molecular complexity index is 594. The number of nitrogens with zero attached hydrogens (tertiary/aromatic N) is 1. The molecule has 2 N–H and O–H groups in total. The van der Waals surface area contributed by atoms with Crippen LogP contribution in [0.1, 0.15) is 18.1 Å². The van der Waals surface area contributed by atoms with Gasteiger partial charge in [-0.25, -0.2) is 0 Å². The van der Waals surface area contributed by atoms with Crippen LogP contribution in [0.15, 0.2) is 54.6 Å². The van der Waals surface area contributed by atoms with Crippen LogP contribution in [0.2, 0.25) is 0 Å². The van der Waals surface area contributed by atoms with Crippen LogP contribution in [-0.4, -0.2) is 13.1 Å². The predicted molar refractivity (Wildman–Crippen MR) is 85.5 cm³/mol. The third-order valence-corrected chi connectivity index (χ3v) is 3.14. The summed E-state index contributed by atoms with van der Waals surface area (Å²) in [5.41, 5.74) is 8.94. The van der Waals surface area contributed by atoms with Crippen LogP contribution in [-0.2, 0) is 6.54 Å². The molecule has 0 bridgehead atoms. The molecular formula is C18H20N2. The van der Waals surface area contributed by atoms with Crippen molar-refractivity contribution in [2.45, 2.75) is 13.5 Å². The number of anilines is 1. The number of benzene rings is 2. The van der Waals surface area contributed by atoms with E-state index < -0.39 is 0 Å². The van der Waals surface area contributed by atoms with Crippen LogP contribution in [0, 0.1) is 11.8 Å². The zero-order valence-electron chi connectivity index (χ0n) is 11.8. The fourth-order valence-corrected chi connectivity index (χ4v) is 2.15. The number of nitrogens with two attached hydrogens (primary N) is 1. The van der Waals surface area contributed by atoms with Crippen molar-refractivity contribution in [3.8, 4) is 11.8 Å². The highest BCUT2D eigenvalue weighted by molar-refractivity contribution is 5.47. The molecule has 0 atom stereocenters. The van der Waals surface area contributed by atoms with E-state index in [0.717, 1.165) is 18.7 Å². The van der Waals surface area contributed by atoms with Crippen molar-refractivity contribution in [2.24, 2.45) is 5.73 Å². The fraction of sp³-hybridized carbons (Fsp3) is 0.222. The molecule has 0 unspecified atom stereocenters. The zero-order valence-corrected chi connectivity index (χ0v) is 11.8. The second-order valence-electron chi connectivity index (χ2n) is 4.56. The quantitative estimate of drug-likeness (QED) is 0.860. The second-order valence-corrected chi connectivity index (χ2v) is 4.56. The minimum absolute atomic E-state index is 0.398. The average molecular weight is 264 g/mol. The molecule has 0 aliphatic heterocycles. The van der Waals surface area contributed by atoms with E-state index in [1.54, 1.807) is 0 Å². The van der Waals surface area contributed by atoms with Gasteiger partial charge in [-0.05, 0) is 36.8 Å². The third-order valence-electron chi connectivity index (χ3n) is 3.14. The molecule has 0 saturated carbocycles. The fourth-order valence-electron chi connectivity index (χ4n) is 2.15. The van der Waals surface area contributed by atoms with Crippen molar-refractivity contribution >= 4 is 5.69 Å². The molecule has 2 aromatic carbocycles. The summed E-state index contributed by atoms with van der Waals surface area (Å²) < 4.78 is 0. The lowest BCUT2D eigenvalue weighted by atomic mass is 10.1. The van der Waals surface area contributed by atoms with Gasteiger partial charge < -0.3 is 10.6 Å². The normalized spacial score (nSPS) is 9.70. The Labute approximate surface area is 121 Å². The summed E-state index contributed by atoms with van der Waals surface area (Å²) in [6, 6.07) is 18.8.